The Labute approximate surface area is 147 Å². The highest BCUT2D eigenvalue weighted by Gasteiger charge is 2.34. The van der Waals surface area contributed by atoms with Crippen molar-refractivity contribution in [2.45, 2.75) is 26.2 Å². The Balaban J connectivity index is 1.65. The number of urea groups is 1. The summed E-state index contributed by atoms with van der Waals surface area (Å²) in [6.07, 6.45) is 2.86. The molecule has 1 fully saturated rings. The van der Waals surface area contributed by atoms with Gasteiger partial charge in [-0.1, -0.05) is 13.0 Å². The van der Waals surface area contributed by atoms with Crippen LogP contribution in [0.5, 0.6) is 11.5 Å². The zero-order chi connectivity index (χ0) is 18.0. The van der Waals surface area contributed by atoms with Crippen LogP contribution in [0.15, 0.2) is 18.2 Å². The molecule has 2 N–H and O–H groups in total. The summed E-state index contributed by atoms with van der Waals surface area (Å²) in [7, 11) is 1.54. The van der Waals surface area contributed by atoms with Crippen molar-refractivity contribution in [3.63, 3.8) is 0 Å². The molecule has 2 heterocycles. The summed E-state index contributed by atoms with van der Waals surface area (Å²) in [5, 5.41) is 0. The van der Waals surface area contributed by atoms with E-state index in [-0.39, 0.29) is 24.7 Å². The summed E-state index contributed by atoms with van der Waals surface area (Å²) in [6.45, 7) is 3.89. The van der Waals surface area contributed by atoms with Crippen LogP contribution in [0.2, 0.25) is 0 Å². The van der Waals surface area contributed by atoms with E-state index in [4.69, 9.17) is 15.2 Å². The summed E-state index contributed by atoms with van der Waals surface area (Å²) in [5.74, 6) is 1.51. The molecule has 0 saturated carbocycles. The molecule has 7 nitrogen and oxygen atoms in total. The third kappa shape index (κ3) is 3.97. The number of ether oxygens (including phenoxy) is 2. The van der Waals surface area contributed by atoms with Crippen molar-refractivity contribution >= 4 is 11.9 Å². The molecule has 2 aliphatic rings. The monoisotopic (exact) mass is 347 g/mol. The van der Waals surface area contributed by atoms with Crippen LogP contribution in [0.25, 0.3) is 0 Å². The number of hydrogen-bond donors (Lipinski definition) is 1. The highest BCUT2D eigenvalue weighted by Crippen LogP contribution is 2.37. The number of hydrogen-bond acceptors (Lipinski definition) is 4. The van der Waals surface area contributed by atoms with Gasteiger partial charge in [-0.05, 0) is 42.4 Å². The van der Waals surface area contributed by atoms with Crippen LogP contribution < -0.4 is 15.2 Å². The Morgan fingerprint density at radius 3 is 2.84 bits per heavy atom. The molecule has 0 radical (unpaired) electrons. The number of carbonyl (C=O) groups excluding carboxylic acids is 2. The molecule has 0 spiro atoms. The summed E-state index contributed by atoms with van der Waals surface area (Å²) in [6, 6.07) is 5.43. The number of nitrogens with zero attached hydrogens (tertiary/aromatic N) is 2. The minimum atomic E-state index is -0.589. The van der Waals surface area contributed by atoms with Crippen LogP contribution >= 0.6 is 0 Å². The first kappa shape index (κ1) is 17.4. The fourth-order valence-corrected chi connectivity index (χ4v) is 3.60. The second-order valence-corrected chi connectivity index (χ2v) is 7.29. The smallest absolute Gasteiger partial charge is 0.314 e. The molecule has 7 heteroatoms. The quantitative estimate of drug-likeness (QED) is 0.896. The molecule has 1 unspecified atom stereocenters. The largest absolute Gasteiger partial charge is 0.454 e. The van der Waals surface area contributed by atoms with Crippen molar-refractivity contribution < 1.29 is 19.1 Å². The molecule has 2 aliphatic heterocycles. The predicted octanol–water partition coefficient (Wildman–Crippen LogP) is 1.60. The molecule has 25 heavy (non-hydrogen) atoms. The van der Waals surface area contributed by atoms with Gasteiger partial charge in [0.15, 0.2) is 11.5 Å². The van der Waals surface area contributed by atoms with E-state index < -0.39 is 6.03 Å². The fraction of sp³-hybridized carbons (Fsp3) is 0.556. The first-order valence-corrected chi connectivity index (χ1v) is 8.53. The SMILES string of the molecule is CN(CC(=O)N1CCCC(C)(Cc2ccc3c(c2)OCO3)C1)C(N)=O. The number of nitrogens with two attached hydrogens (primary N) is 1. The molecule has 1 saturated heterocycles. The highest BCUT2D eigenvalue weighted by atomic mass is 16.7. The number of carbonyl (C=O) groups is 2. The van der Waals surface area contributed by atoms with Gasteiger partial charge in [-0.3, -0.25) is 4.79 Å². The van der Waals surface area contributed by atoms with E-state index in [1.165, 1.54) is 17.5 Å². The maximum absolute atomic E-state index is 12.4. The molecule has 3 amide bonds. The number of fused-ring (bicyclic) bond motifs is 1. The average molecular weight is 347 g/mol. The summed E-state index contributed by atoms with van der Waals surface area (Å²) >= 11 is 0. The van der Waals surface area contributed by atoms with Gasteiger partial charge in [0.25, 0.3) is 0 Å². The van der Waals surface area contributed by atoms with Gasteiger partial charge < -0.3 is 25.0 Å². The lowest BCUT2D eigenvalue weighted by Crippen LogP contribution is -2.49. The van der Waals surface area contributed by atoms with Crippen molar-refractivity contribution in [1.82, 2.24) is 9.80 Å². The molecule has 0 aliphatic carbocycles. The number of piperidine rings is 1. The number of amides is 3. The lowest BCUT2D eigenvalue weighted by molar-refractivity contribution is -0.134. The van der Waals surface area contributed by atoms with Gasteiger partial charge in [-0.2, -0.15) is 0 Å². The van der Waals surface area contributed by atoms with Crippen molar-refractivity contribution in [2.24, 2.45) is 11.1 Å². The van der Waals surface area contributed by atoms with Crippen LogP contribution in [0.1, 0.15) is 25.3 Å². The van der Waals surface area contributed by atoms with E-state index in [0.717, 1.165) is 37.3 Å². The molecule has 3 rings (SSSR count). The maximum Gasteiger partial charge on any atom is 0.314 e. The topological polar surface area (TPSA) is 85.1 Å². The zero-order valence-electron chi connectivity index (χ0n) is 14.8. The molecular weight excluding hydrogens is 322 g/mol. The van der Waals surface area contributed by atoms with E-state index >= 15 is 0 Å². The third-order valence-corrected chi connectivity index (χ3v) is 4.95. The molecule has 136 valence electrons. The molecule has 1 atom stereocenters. The fourth-order valence-electron chi connectivity index (χ4n) is 3.60. The van der Waals surface area contributed by atoms with Gasteiger partial charge in [-0.25, -0.2) is 4.79 Å². The Morgan fingerprint density at radius 1 is 1.32 bits per heavy atom. The number of benzene rings is 1. The summed E-state index contributed by atoms with van der Waals surface area (Å²) in [5.41, 5.74) is 6.38. The zero-order valence-corrected chi connectivity index (χ0v) is 14.8. The van der Waals surface area contributed by atoms with Gasteiger partial charge >= 0.3 is 6.03 Å². The van der Waals surface area contributed by atoms with Crippen LogP contribution in [0, 0.1) is 5.41 Å². The first-order valence-electron chi connectivity index (χ1n) is 8.53. The third-order valence-electron chi connectivity index (χ3n) is 4.95. The standard InChI is InChI=1S/C18H25N3O4/c1-18(9-13-4-5-14-15(8-13)25-12-24-14)6-3-7-21(11-18)16(22)10-20(2)17(19)23/h4-5,8H,3,6-7,9-12H2,1-2H3,(H2,19,23). The van der Waals surface area contributed by atoms with E-state index in [0.29, 0.717) is 6.54 Å². The maximum atomic E-state index is 12.4. The van der Waals surface area contributed by atoms with Gasteiger partial charge in [0.05, 0.1) is 0 Å². The predicted molar refractivity (Wildman–Crippen MR) is 92.4 cm³/mol. The summed E-state index contributed by atoms with van der Waals surface area (Å²) < 4.78 is 10.8. The van der Waals surface area contributed by atoms with E-state index in [9.17, 15) is 9.59 Å². The van der Waals surface area contributed by atoms with Crippen molar-refractivity contribution in [3.8, 4) is 11.5 Å². The molecule has 0 bridgehead atoms. The van der Waals surface area contributed by atoms with E-state index in [2.05, 4.69) is 13.0 Å². The molecule has 0 aromatic heterocycles. The Morgan fingerprint density at radius 2 is 2.08 bits per heavy atom. The Bertz CT molecular complexity index is 678. The molecule has 1 aromatic carbocycles. The van der Waals surface area contributed by atoms with Gasteiger partial charge in [0, 0.05) is 20.1 Å². The Hall–Kier alpha value is -2.44. The van der Waals surface area contributed by atoms with Gasteiger partial charge in [0.1, 0.15) is 6.54 Å². The van der Waals surface area contributed by atoms with E-state index in [1.54, 1.807) is 0 Å². The minimum absolute atomic E-state index is 0.00704. The second-order valence-electron chi connectivity index (χ2n) is 7.29. The van der Waals surface area contributed by atoms with Gasteiger partial charge in [0.2, 0.25) is 12.7 Å². The van der Waals surface area contributed by atoms with Crippen LogP contribution in [-0.2, 0) is 11.2 Å². The average Bonchev–Trinajstić information content (AvgIpc) is 3.01. The molecule has 1 aromatic rings. The normalized spacial score (nSPS) is 21.9. The highest BCUT2D eigenvalue weighted by molar-refractivity contribution is 5.83. The number of likely N-dealkylation sites (tertiary alicyclic amines) is 1. The van der Waals surface area contributed by atoms with Crippen molar-refractivity contribution in [2.75, 3.05) is 33.5 Å². The van der Waals surface area contributed by atoms with Crippen molar-refractivity contribution in [1.29, 1.82) is 0 Å². The van der Waals surface area contributed by atoms with Crippen LogP contribution in [0.4, 0.5) is 4.79 Å². The van der Waals surface area contributed by atoms with E-state index in [1.807, 2.05) is 17.0 Å². The second kappa shape index (κ2) is 6.82. The van der Waals surface area contributed by atoms with Crippen LogP contribution in [-0.4, -0.2) is 55.2 Å². The van der Waals surface area contributed by atoms with Crippen LogP contribution in [0.3, 0.4) is 0 Å². The molecular formula is C18H25N3O4. The first-order chi connectivity index (χ1) is 11.9. The van der Waals surface area contributed by atoms with Gasteiger partial charge in [-0.15, -0.1) is 0 Å². The lowest BCUT2D eigenvalue weighted by atomic mass is 9.77. The number of primary amides is 1. The Kier molecular flexibility index (Phi) is 4.74. The van der Waals surface area contributed by atoms with Crippen molar-refractivity contribution in [3.05, 3.63) is 23.8 Å². The number of rotatable bonds is 4. The minimum Gasteiger partial charge on any atom is -0.454 e. The summed E-state index contributed by atoms with van der Waals surface area (Å²) in [4.78, 5) is 26.7. The lowest BCUT2D eigenvalue weighted by Gasteiger charge is -2.41. The number of likely N-dealkylation sites (N-methyl/N-ethyl adjacent to an activating group) is 1.